The lowest BCUT2D eigenvalue weighted by Crippen LogP contribution is -2.40. The summed E-state index contributed by atoms with van der Waals surface area (Å²) < 4.78 is 5.27. The molecular weight excluding hydrogens is 376 g/mol. The normalized spacial score (nSPS) is 18.7. The third-order valence-corrected chi connectivity index (χ3v) is 5.00. The molecule has 2 fully saturated rings. The number of carboxylic acid groups (broad SMARTS) is 1. The van der Waals surface area contributed by atoms with Crippen LogP contribution in [0.1, 0.15) is 36.0 Å². The number of nitrogens with zero attached hydrogens (tertiary/aromatic N) is 3. The van der Waals surface area contributed by atoms with Gasteiger partial charge in [-0.25, -0.2) is 4.98 Å². The Hall–Kier alpha value is -2.23. The molecule has 1 aromatic heterocycles. The van der Waals surface area contributed by atoms with Crippen LogP contribution in [0.4, 0.5) is 5.82 Å². The smallest absolute Gasteiger partial charge is 0.290 e. The Morgan fingerprint density at radius 2 is 1.83 bits per heavy atom. The summed E-state index contributed by atoms with van der Waals surface area (Å²) in [4.78, 5) is 29.2. The predicted molar refractivity (Wildman–Crippen MR) is 109 cm³/mol. The number of hydrogen-bond donors (Lipinski definition) is 3. The van der Waals surface area contributed by atoms with Gasteiger partial charge in [0.15, 0.2) is 0 Å². The summed E-state index contributed by atoms with van der Waals surface area (Å²) in [5.41, 5.74) is 0.586. The van der Waals surface area contributed by atoms with Crippen LogP contribution in [0.2, 0.25) is 0 Å². The highest BCUT2D eigenvalue weighted by molar-refractivity contribution is 5.94. The molecule has 3 rings (SSSR count). The monoisotopic (exact) mass is 408 g/mol. The number of aromatic nitrogens is 1. The fourth-order valence-electron chi connectivity index (χ4n) is 3.48. The lowest BCUT2D eigenvalue weighted by molar-refractivity contribution is -0.122. The molecule has 3 N–H and O–H groups in total. The van der Waals surface area contributed by atoms with Gasteiger partial charge < -0.3 is 30.1 Å². The lowest BCUT2D eigenvalue weighted by atomic mass is 10.2. The van der Waals surface area contributed by atoms with Gasteiger partial charge in [-0.05, 0) is 38.1 Å². The zero-order valence-corrected chi connectivity index (χ0v) is 16.8. The van der Waals surface area contributed by atoms with Crippen molar-refractivity contribution < 1.29 is 24.5 Å². The molecule has 1 amide bonds. The van der Waals surface area contributed by atoms with Crippen molar-refractivity contribution in [3.05, 3.63) is 23.9 Å². The average Bonchev–Trinajstić information content (AvgIpc) is 3.02. The molecule has 9 heteroatoms. The van der Waals surface area contributed by atoms with Gasteiger partial charge in [0.1, 0.15) is 5.82 Å². The number of pyridine rings is 1. The molecule has 2 saturated heterocycles. The highest BCUT2D eigenvalue weighted by atomic mass is 16.5. The minimum atomic E-state index is -0.426. The number of amides is 1. The van der Waals surface area contributed by atoms with Crippen molar-refractivity contribution in [3.63, 3.8) is 0 Å². The van der Waals surface area contributed by atoms with E-state index in [0.717, 1.165) is 13.1 Å². The van der Waals surface area contributed by atoms with Gasteiger partial charge in [0, 0.05) is 32.4 Å². The van der Waals surface area contributed by atoms with Crippen molar-refractivity contribution in [1.82, 2.24) is 14.8 Å². The number of aliphatic hydroxyl groups excluding tert-OH is 1. The fourth-order valence-corrected chi connectivity index (χ4v) is 3.48. The zero-order valence-electron chi connectivity index (χ0n) is 16.8. The Balaban J connectivity index is 0.000000941. The van der Waals surface area contributed by atoms with Crippen LogP contribution in [0.15, 0.2) is 18.3 Å². The number of rotatable bonds is 6. The van der Waals surface area contributed by atoms with Gasteiger partial charge in [-0.15, -0.1) is 0 Å². The molecule has 1 aromatic rings. The Bertz CT molecular complexity index is 599. The van der Waals surface area contributed by atoms with Crippen LogP contribution in [0.3, 0.4) is 0 Å². The highest BCUT2D eigenvalue weighted by Crippen LogP contribution is 2.11. The molecule has 2 aliphatic heterocycles. The van der Waals surface area contributed by atoms with Gasteiger partial charge in [0.05, 0.1) is 24.9 Å². The lowest BCUT2D eigenvalue weighted by Gasteiger charge is -2.26. The van der Waals surface area contributed by atoms with E-state index in [-0.39, 0.29) is 12.4 Å². The number of nitrogens with one attached hydrogen (secondary N) is 1. The number of morpholine rings is 1. The number of ether oxygens (including phenoxy) is 1. The predicted octanol–water partition coefficient (Wildman–Crippen LogP) is 0.904. The largest absolute Gasteiger partial charge is 0.483 e. The van der Waals surface area contributed by atoms with Crippen molar-refractivity contribution >= 4 is 18.2 Å². The van der Waals surface area contributed by atoms with E-state index in [0.29, 0.717) is 50.8 Å². The summed E-state index contributed by atoms with van der Waals surface area (Å²) in [7, 11) is 0. The first-order valence-electron chi connectivity index (χ1n) is 10.2. The summed E-state index contributed by atoms with van der Waals surface area (Å²) in [6.07, 6.45) is 6.21. The van der Waals surface area contributed by atoms with E-state index in [4.69, 9.17) is 14.6 Å². The SMILES string of the molecule is O=C(c1ccc(NCC(O)CN2CCCCCC2)nc1)N1CCOCC1.O=CO. The Morgan fingerprint density at radius 3 is 2.41 bits per heavy atom. The van der Waals surface area contributed by atoms with Gasteiger partial charge in [-0.3, -0.25) is 9.59 Å². The molecule has 1 atom stereocenters. The molecular formula is C20H32N4O5. The van der Waals surface area contributed by atoms with E-state index in [2.05, 4.69) is 15.2 Å². The van der Waals surface area contributed by atoms with E-state index >= 15 is 0 Å². The molecule has 9 nitrogen and oxygen atoms in total. The molecule has 0 spiro atoms. The van der Waals surface area contributed by atoms with Gasteiger partial charge in [-0.1, -0.05) is 12.8 Å². The van der Waals surface area contributed by atoms with Gasteiger partial charge in [-0.2, -0.15) is 0 Å². The molecule has 3 heterocycles. The second-order valence-corrected chi connectivity index (χ2v) is 7.19. The van der Waals surface area contributed by atoms with Crippen LogP contribution < -0.4 is 5.32 Å². The molecule has 0 bridgehead atoms. The fraction of sp³-hybridized carbons (Fsp3) is 0.650. The number of carbonyl (C=O) groups excluding carboxylic acids is 1. The summed E-state index contributed by atoms with van der Waals surface area (Å²) in [5, 5.41) is 20.3. The minimum Gasteiger partial charge on any atom is -0.483 e. The third-order valence-electron chi connectivity index (χ3n) is 5.00. The maximum atomic E-state index is 12.4. The Morgan fingerprint density at radius 1 is 1.17 bits per heavy atom. The summed E-state index contributed by atoms with van der Waals surface area (Å²) in [6.45, 7) is 5.49. The number of aliphatic hydroxyl groups is 1. The van der Waals surface area contributed by atoms with E-state index in [1.54, 1.807) is 23.2 Å². The molecule has 29 heavy (non-hydrogen) atoms. The van der Waals surface area contributed by atoms with Crippen LogP contribution in [-0.2, 0) is 9.53 Å². The first-order valence-corrected chi connectivity index (χ1v) is 10.2. The standard InChI is InChI=1S/C19H30N4O3.CH2O2/c24-17(15-22-7-3-1-2-4-8-22)14-21-18-6-5-16(13-20-18)19(25)23-9-11-26-12-10-23;2-1-3/h5-6,13,17,24H,1-4,7-12,14-15H2,(H,20,21);1H,(H,2,3). The van der Waals surface area contributed by atoms with Crippen molar-refractivity contribution in [3.8, 4) is 0 Å². The second-order valence-electron chi connectivity index (χ2n) is 7.19. The zero-order chi connectivity index (χ0) is 20.9. The molecule has 1 unspecified atom stereocenters. The topological polar surface area (TPSA) is 115 Å². The Labute approximate surface area is 171 Å². The number of β-amino-alcohol motifs (C(OH)–C–C–N with tert-alkyl or cyclic N) is 1. The van der Waals surface area contributed by atoms with E-state index in [1.807, 2.05) is 0 Å². The number of likely N-dealkylation sites (tertiary alicyclic amines) is 1. The van der Waals surface area contributed by atoms with Crippen LogP contribution >= 0.6 is 0 Å². The van der Waals surface area contributed by atoms with Crippen LogP contribution in [0.25, 0.3) is 0 Å². The van der Waals surface area contributed by atoms with Gasteiger partial charge in [0.25, 0.3) is 12.4 Å². The van der Waals surface area contributed by atoms with Crippen LogP contribution in [-0.4, -0.2) is 96.0 Å². The van der Waals surface area contributed by atoms with Crippen molar-refractivity contribution in [2.24, 2.45) is 0 Å². The van der Waals surface area contributed by atoms with Crippen molar-refractivity contribution in [2.45, 2.75) is 31.8 Å². The van der Waals surface area contributed by atoms with Crippen LogP contribution in [0, 0.1) is 0 Å². The number of hydrogen-bond acceptors (Lipinski definition) is 7. The molecule has 162 valence electrons. The quantitative estimate of drug-likeness (QED) is 0.595. The summed E-state index contributed by atoms with van der Waals surface area (Å²) in [6, 6.07) is 3.58. The molecule has 0 aliphatic carbocycles. The minimum absolute atomic E-state index is 0.00597. The maximum Gasteiger partial charge on any atom is 0.290 e. The Kier molecular flexibility index (Phi) is 10.4. The average molecular weight is 408 g/mol. The first kappa shape index (κ1) is 23.1. The first-order chi connectivity index (χ1) is 14.1. The molecule has 0 radical (unpaired) electrons. The number of anilines is 1. The van der Waals surface area contributed by atoms with E-state index in [1.165, 1.54) is 25.7 Å². The van der Waals surface area contributed by atoms with E-state index < -0.39 is 6.10 Å². The molecule has 0 aromatic carbocycles. The van der Waals surface area contributed by atoms with Crippen LogP contribution in [0.5, 0.6) is 0 Å². The maximum absolute atomic E-state index is 12.4. The number of carbonyl (C=O) groups is 2. The van der Waals surface area contributed by atoms with Gasteiger partial charge in [0.2, 0.25) is 0 Å². The van der Waals surface area contributed by atoms with Crippen molar-refractivity contribution in [2.75, 3.05) is 57.8 Å². The molecule has 0 saturated carbocycles. The molecule has 2 aliphatic rings. The second kappa shape index (κ2) is 13.1. The highest BCUT2D eigenvalue weighted by Gasteiger charge is 2.19. The van der Waals surface area contributed by atoms with Crippen molar-refractivity contribution in [1.29, 1.82) is 0 Å². The van der Waals surface area contributed by atoms with E-state index in [9.17, 15) is 9.90 Å². The third kappa shape index (κ3) is 8.35. The van der Waals surface area contributed by atoms with Gasteiger partial charge >= 0.3 is 0 Å². The summed E-state index contributed by atoms with van der Waals surface area (Å²) >= 11 is 0. The summed E-state index contributed by atoms with van der Waals surface area (Å²) in [5.74, 6) is 0.673.